The third-order valence-corrected chi connectivity index (χ3v) is 3.64. The van der Waals surface area contributed by atoms with Crippen LogP contribution in [0.25, 0.3) is 5.69 Å². The fraction of sp³-hybridized carbons (Fsp3) is 0.176. The quantitative estimate of drug-likeness (QED) is 0.766. The van der Waals surface area contributed by atoms with Crippen LogP contribution in [-0.4, -0.2) is 40.3 Å². The van der Waals surface area contributed by atoms with E-state index >= 15 is 0 Å². The number of anilines is 1. The van der Waals surface area contributed by atoms with Crippen LogP contribution in [0.3, 0.4) is 0 Å². The molecule has 0 bridgehead atoms. The molecule has 2 aromatic carbocycles. The first-order valence-corrected chi connectivity index (χ1v) is 7.52. The Kier molecular flexibility index (Phi) is 4.60. The lowest BCUT2D eigenvalue weighted by atomic mass is 10.1. The topological polar surface area (TPSA) is 91.2 Å². The van der Waals surface area contributed by atoms with Gasteiger partial charge in [0.1, 0.15) is 17.2 Å². The molecule has 1 aromatic heterocycles. The van der Waals surface area contributed by atoms with E-state index in [1.165, 1.54) is 11.8 Å². The Morgan fingerprint density at radius 2 is 1.84 bits per heavy atom. The fourth-order valence-corrected chi connectivity index (χ4v) is 2.42. The van der Waals surface area contributed by atoms with Crippen LogP contribution >= 0.6 is 0 Å². The van der Waals surface area contributed by atoms with Crippen molar-refractivity contribution in [2.45, 2.75) is 6.92 Å². The molecule has 3 rings (SSSR count). The maximum absolute atomic E-state index is 12.5. The maximum atomic E-state index is 12.5. The van der Waals surface area contributed by atoms with Gasteiger partial charge in [-0.3, -0.25) is 4.79 Å². The molecule has 0 aliphatic rings. The molecule has 0 saturated heterocycles. The minimum atomic E-state index is -0.276. The first-order valence-electron chi connectivity index (χ1n) is 7.52. The predicted octanol–water partition coefficient (Wildman–Crippen LogP) is 2.24. The van der Waals surface area contributed by atoms with Gasteiger partial charge in [0.25, 0.3) is 5.91 Å². The van der Waals surface area contributed by atoms with Crippen LogP contribution in [0.15, 0.2) is 42.5 Å². The number of ether oxygens (including phenoxy) is 2. The zero-order valence-corrected chi connectivity index (χ0v) is 14.1. The smallest absolute Gasteiger partial charge is 0.259 e. The van der Waals surface area contributed by atoms with E-state index in [-0.39, 0.29) is 5.91 Å². The molecule has 25 heavy (non-hydrogen) atoms. The largest absolute Gasteiger partial charge is 0.496 e. The van der Waals surface area contributed by atoms with Crippen molar-refractivity contribution < 1.29 is 14.3 Å². The molecule has 0 radical (unpaired) electrons. The highest BCUT2D eigenvalue weighted by Gasteiger charge is 2.15. The number of carbonyl (C=O) groups excluding carboxylic acids is 1. The lowest BCUT2D eigenvalue weighted by Crippen LogP contribution is -2.13. The van der Waals surface area contributed by atoms with Gasteiger partial charge in [-0.15, -0.1) is 5.10 Å². The molecule has 128 valence electrons. The molecule has 0 aliphatic carbocycles. The number of aromatic nitrogens is 4. The average molecular weight is 339 g/mol. The number of rotatable bonds is 5. The standard InChI is InChI=1S/C17H17N5O3/c1-11-19-20-21-22(11)14-10-12(8-9-16(14)25-3)18-17(23)13-6-4-5-7-15(13)24-2/h4-10H,1-3H3,(H,18,23). The lowest BCUT2D eigenvalue weighted by molar-refractivity contribution is 0.102. The first kappa shape index (κ1) is 16.4. The number of aryl methyl sites for hydroxylation is 1. The highest BCUT2D eigenvalue weighted by Crippen LogP contribution is 2.27. The number of hydrogen-bond donors (Lipinski definition) is 1. The molecule has 0 unspecified atom stereocenters. The Bertz CT molecular complexity index is 907. The summed E-state index contributed by atoms with van der Waals surface area (Å²) in [5.74, 6) is 1.42. The van der Waals surface area contributed by atoms with Crippen LogP contribution in [0.4, 0.5) is 5.69 Å². The van der Waals surface area contributed by atoms with Gasteiger partial charge in [-0.2, -0.15) is 4.68 Å². The van der Waals surface area contributed by atoms with Gasteiger partial charge < -0.3 is 14.8 Å². The van der Waals surface area contributed by atoms with E-state index in [4.69, 9.17) is 9.47 Å². The van der Waals surface area contributed by atoms with Gasteiger partial charge >= 0.3 is 0 Å². The number of para-hydroxylation sites is 1. The first-order chi connectivity index (χ1) is 12.1. The lowest BCUT2D eigenvalue weighted by Gasteiger charge is -2.13. The molecule has 0 saturated carbocycles. The molecular formula is C17H17N5O3. The Morgan fingerprint density at radius 3 is 2.52 bits per heavy atom. The van der Waals surface area contributed by atoms with Gasteiger partial charge in [0.2, 0.25) is 0 Å². The van der Waals surface area contributed by atoms with Gasteiger partial charge in [0, 0.05) is 5.69 Å². The molecule has 0 spiro atoms. The van der Waals surface area contributed by atoms with E-state index in [0.29, 0.717) is 34.3 Å². The summed E-state index contributed by atoms with van der Waals surface area (Å²) in [6.45, 7) is 1.78. The predicted molar refractivity (Wildman–Crippen MR) is 91.4 cm³/mol. The Labute approximate surface area is 144 Å². The number of hydrogen-bond acceptors (Lipinski definition) is 6. The molecule has 1 heterocycles. The van der Waals surface area contributed by atoms with Gasteiger partial charge in [0.05, 0.1) is 19.8 Å². The second-order valence-corrected chi connectivity index (χ2v) is 5.18. The van der Waals surface area contributed by atoms with Crippen molar-refractivity contribution in [3.8, 4) is 17.2 Å². The van der Waals surface area contributed by atoms with E-state index < -0.39 is 0 Å². The minimum Gasteiger partial charge on any atom is -0.496 e. The summed E-state index contributed by atoms with van der Waals surface area (Å²) < 4.78 is 12.1. The summed E-state index contributed by atoms with van der Waals surface area (Å²) in [6, 6.07) is 12.3. The van der Waals surface area contributed by atoms with Gasteiger partial charge in [0.15, 0.2) is 5.82 Å². The highest BCUT2D eigenvalue weighted by molar-refractivity contribution is 6.06. The third kappa shape index (κ3) is 3.27. The fourth-order valence-electron chi connectivity index (χ4n) is 2.42. The second-order valence-electron chi connectivity index (χ2n) is 5.18. The number of benzene rings is 2. The van der Waals surface area contributed by atoms with Crippen LogP contribution in [0.2, 0.25) is 0 Å². The summed E-state index contributed by atoms with van der Waals surface area (Å²) in [6.07, 6.45) is 0. The van der Waals surface area contributed by atoms with Crippen LogP contribution in [-0.2, 0) is 0 Å². The Balaban J connectivity index is 1.93. The second kappa shape index (κ2) is 7.00. The zero-order valence-electron chi connectivity index (χ0n) is 14.1. The van der Waals surface area contributed by atoms with E-state index in [9.17, 15) is 4.79 Å². The molecule has 1 amide bonds. The Morgan fingerprint density at radius 1 is 1.08 bits per heavy atom. The van der Waals surface area contributed by atoms with E-state index in [2.05, 4.69) is 20.8 Å². The van der Waals surface area contributed by atoms with Crippen molar-refractivity contribution in [1.29, 1.82) is 0 Å². The average Bonchev–Trinajstić information content (AvgIpc) is 3.07. The molecule has 0 atom stereocenters. The number of nitrogens with one attached hydrogen (secondary N) is 1. The molecule has 8 heteroatoms. The normalized spacial score (nSPS) is 10.4. The number of tetrazole rings is 1. The summed E-state index contributed by atoms with van der Waals surface area (Å²) in [4.78, 5) is 12.5. The van der Waals surface area contributed by atoms with Crippen molar-refractivity contribution in [2.75, 3.05) is 19.5 Å². The Hall–Kier alpha value is -3.42. The van der Waals surface area contributed by atoms with Crippen LogP contribution < -0.4 is 14.8 Å². The summed E-state index contributed by atoms with van der Waals surface area (Å²) in [7, 11) is 3.09. The van der Waals surface area contributed by atoms with Crippen molar-refractivity contribution in [3.05, 3.63) is 53.9 Å². The summed E-state index contributed by atoms with van der Waals surface area (Å²) >= 11 is 0. The molecule has 0 aliphatic heterocycles. The van der Waals surface area contributed by atoms with Gasteiger partial charge in [-0.1, -0.05) is 12.1 Å². The van der Waals surface area contributed by atoms with Crippen molar-refractivity contribution in [3.63, 3.8) is 0 Å². The van der Waals surface area contributed by atoms with E-state index in [0.717, 1.165) is 0 Å². The van der Waals surface area contributed by atoms with Crippen LogP contribution in [0.1, 0.15) is 16.2 Å². The summed E-state index contributed by atoms with van der Waals surface area (Å²) in [5.41, 5.74) is 1.66. The van der Waals surface area contributed by atoms with Gasteiger partial charge in [-0.05, 0) is 47.7 Å². The minimum absolute atomic E-state index is 0.276. The van der Waals surface area contributed by atoms with E-state index in [1.807, 2.05) is 6.07 Å². The van der Waals surface area contributed by atoms with Crippen molar-refractivity contribution in [2.24, 2.45) is 0 Å². The SMILES string of the molecule is COc1ccccc1C(=O)Nc1ccc(OC)c(-n2nnnc2C)c1. The molecule has 8 nitrogen and oxygen atoms in total. The molecule has 3 aromatic rings. The highest BCUT2D eigenvalue weighted by atomic mass is 16.5. The van der Waals surface area contributed by atoms with Gasteiger partial charge in [-0.25, -0.2) is 0 Å². The number of methoxy groups -OCH3 is 2. The molecule has 1 N–H and O–H groups in total. The number of amides is 1. The number of carbonyl (C=O) groups is 1. The zero-order chi connectivity index (χ0) is 17.8. The molecular weight excluding hydrogens is 322 g/mol. The third-order valence-electron chi connectivity index (χ3n) is 3.64. The van der Waals surface area contributed by atoms with Crippen molar-refractivity contribution >= 4 is 11.6 Å². The molecule has 0 fully saturated rings. The van der Waals surface area contributed by atoms with Crippen LogP contribution in [0, 0.1) is 6.92 Å². The summed E-state index contributed by atoms with van der Waals surface area (Å²) in [5, 5.41) is 14.3. The van der Waals surface area contributed by atoms with Crippen LogP contribution in [0.5, 0.6) is 11.5 Å². The monoisotopic (exact) mass is 339 g/mol. The van der Waals surface area contributed by atoms with E-state index in [1.54, 1.807) is 50.4 Å². The van der Waals surface area contributed by atoms with Crippen molar-refractivity contribution in [1.82, 2.24) is 20.2 Å². The maximum Gasteiger partial charge on any atom is 0.259 e. The number of nitrogens with zero attached hydrogens (tertiary/aromatic N) is 4.